The molecule has 2 heterocycles. The first-order chi connectivity index (χ1) is 18.0. The largest absolute Gasteiger partial charge is 0.218 e. The second-order valence-electron chi connectivity index (χ2n) is 9.08. The van der Waals surface area contributed by atoms with Crippen LogP contribution in [0.5, 0.6) is 0 Å². The maximum atomic E-state index is 14.7. The van der Waals surface area contributed by atoms with E-state index < -0.39 is 16.7 Å². The molecular formula is C32H25O2PS2. The predicted octanol–water partition coefficient (Wildman–Crippen LogP) is 6.40. The normalized spacial score (nSPS) is 14.6. The van der Waals surface area contributed by atoms with Crippen LogP contribution in [0, 0.1) is 6.92 Å². The van der Waals surface area contributed by atoms with Crippen molar-refractivity contribution in [1.29, 1.82) is 0 Å². The molecule has 0 amide bonds. The Kier molecular flexibility index (Phi) is 6.12. The lowest BCUT2D eigenvalue weighted by atomic mass is 10.00. The summed E-state index contributed by atoms with van der Waals surface area (Å²) in [7, 11) is -3.86. The quantitative estimate of drug-likeness (QED) is 0.244. The zero-order valence-corrected chi connectivity index (χ0v) is 22.8. The molecule has 0 unspecified atom stereocenters. The van der Waals surface area contributed by atoms with Crippen molar-refractivity contribution in [2.24, 2.45) is 0 Å². The molecule has 0 saturated carbocycles. The van der Waals surface area contributed by atoms with Crippen molar-refractivity contribution in [3.05, 3.63) is 149 Å². The van der Waals surface area contributed by atoms with E-state index >= 15 is 0 Å². The van der Waals surface area contributed by atoms with Crippen LogP contribution in [0.15, 0.2) is 137 Å². The summed E-state index contributed by atoms with van der Waals surface area (Å²) >= 11 is 1.62. The molecule has 0 fully saturated rings. The molecule has 0 aliphatic carbocycles. The minimum absolute atomic E-state index is 0.324. The Hall–Kier alpha value is -3.43. The van der Waals surface area contributed by atoms with Gasteiger partial charge in [0.25, 0.3) is 0 Å². The average molecular weight is 537 g/mol. The van der Waals surface area contributed by atoms with Crippen molar-refractivity contribution in [2.75, 3.05) is 0 Å². The lowest BCUT2D eigenvalue weighted by molar-refractivity contribution is 0.608. The van der Waals surface area contributed by atoms with Crippen molar-refractivity contribution >= 4 is 54.2 Å². The summed E-state index contributed by atoms with van der Waals surface area (Å²) < 4.78 is 29.9. The van der Waals surface area contributed by atoms with Gasteiger partial charge in [-0.2, -0.15) is 11.3 Å². The summed E-state index contributed by atoms with van der Waals surface area (Å²) in [6, 6.07) is 38.0. The number of benzene rings is 4. The van der Waals surface area contributed by atoms with Crippen LogP contribution in [0.1, 0.15) is 16.7 Å². The molecule has 0 spiro atoms. The third-order valence-corrected chi connectivity index (χ3v) is 14.7. The molecule has 37 heavy (non-hydrogen) atoms. The molecule has 6 rings (SSSR count). The molecule has 5 heteroatoms. The van der Waals surface area contributed by atoms with Gasteiger partial charge in [0.15, 0.2) is 0 Å². The molecule has 182 valence electrons. The highest BCUT2D eigenvalue weighted by Crippen LogP contribution is 2.53. The number of rotatable bonds is 5. The van der Waals surface area contributed by atoms with Gasteiger partial charge in [-0.15, -0.1) is 0 Å². The van der Waals surface area contributed by atoms with Crippen LogP contribution in [0.3, 0.4) is 0 Å². The minimum atomic E-state index is -3.86. The van der Waals surface area contributed by atoms with E-state index in [1.54, 1.807) is 23.5 Å². The van der Waals surface area contributed by atoms with Crippen LogP contribution < -0.4 is 15.9 Å². The Morgan fingerprint density at radius 2 is 1.27 bits per heavy atom. The fourth-order valence-corrected chi connectivity index (χ4v) is 13.5. The van der Waals surface area contributed by atoms with Crippen molar-refractivity contribution in [3.8, 4) is 0 Å². The van der Waals surface area contributed by atoms with Crippen LogP contribution in [0.4, 0.5) is 0 Å². The summed E-state index contributed by atoms with van der Waals surface area (Å²) in [5, 5.41) is 7.26. The highest BCUT2D eigenvalue weighted by Gasteiger charge is 2.40. The molecule has 2 nitrogen and oxygen atoms in total. The molecule has 5 aromatic rings. The highest BCUT2D eigenvalue weighted by atomic mass is 32.2. The molecule has 1 aromatic heterocycles. The Morgan fingerprint density at radius 3 is 1.86 bits per heavy atom. The van der Waals surface area contributed by atoms with E-state index in [4.69, 9.17) is 0 Å². The molecule has 0 atom stereocenters. The highest BCUT2D eigenvalue weighted by molar-refractivity contribution is 8.20. The Bertz CT molecular complexity index is 1720. The van der Waals surface area contributed by atoms with E-state index in [2.05, 4.69) is 47.8 Å². The van der Waals surface area contributed by atoms with E-state index in [1.807, 2.05) is 79.0 Å². The van der Waals surface area contributed by atoms with Gasteiger partial charge in [0.05, 0.1) is 9.52 Å². The monoisotopic (exact) mass is 536 g/mol. The minimum Gasteiger partial charge on any atom is -0.218 e. The number of thiophene rings is 1. The Balaban J connectivity index is 1.88. The first kappa shape index (κ1) is 23.9. The molecule has 0 bridgehead atoms. The van der Waals surface area contributed by atoms with Gasteiger partial charge in [-0.05, 0) is 81.5 Å². The third-order valence-electron chi connectivity index (χ3n) is 6.88. The topological polar surface area (TPSA) is 34.1 Å². The first-order valence-electron chi connectivity index (χ1n) is 12.1. The fraction of sp³-hybridized carbons (Fsp3) is 0.0312. The molecule has 0 saturated heterocycles. The third kappa shape index (κ3) is 3.88. The predicted molar refractivity (Wildman–Crippen MR) is 160 cm³/mol. The van der Waals surface area contributed by atoms with E-state index in [0.717, 1.165) is 38.2 Å². The molecule has 1 aliphatic rings. The van der Waals surface area contributed by atoms with Crippen molar-refractivity contribution in [3.63, 3.8) is 0 Å². The van der Waals surface area contributed by atoms with E-state index in [0.29, 0.717) is 9.52 Å². The number of hydrogen-bond acceptors (Lipinski definition) is 3. The van der Waals surface area contributed by atoms with Crippen molar-refractivity contribution in [1.82, 2.24) is 0 Å². The van der Waals surface area contributed by atoms with E-state index in [-0.39, 0.29) is 0 Å². The number of sulfone groups is 1. The molecule has 0 radical (unpaired) electrons. The lowest BCUT2D eigenvalue weighted by Gasteiger charge is -2.36. The van der Waals surface area contributed by atoms with Crippen molar-refractivity contribution in [2.45, 2.75) is 11.8 Å². The smallest absolute Gasteiger partial charge is 0.207 e. The van der Waals surface area contributed by atoms with Gasteiger partial charge in [0.2, 0.25) is 9.84 Å². The Labute approximate surface area is 222 Å². The molecular weight excluding hydrogens is 511 g/mol. The lowest BCUT2D eigenvalue weighted by Crippen LogP contribution is -2.36. The van der Waals surface area contributed by atoms with Crippen LogP contribution in [-0.2, 0) is 9.84 Å². The summed E-state index contributed by atoms with van der Waals surface area (Å²) in [5.41, 5.74) is 4.10. The first-order valence-corrected chi connectivity index (χ1v) is 16.3. The Morgan fingerprint density at radius 1 is 0.676 bits per heavy atom. The van der Waals surface area contributed by atoms with E-state index in [9.17, 15) is 8.42 Å². The number of aryl methyl sites for hydroxylation is 1. The van der Waals surface area contributed by atoms with Gasteiger partial charge >= 0.3 is 0 Å². The SMILES string of the molecule is Cc1ccc(S(=O)(=O)C2=P(c3ccccc3)(c3ccccc3)c3ccccc3C(c3ccsc3)=C2)cc1. The van der Waals surface area contributed by atoms with Crippen molar-refractivity contribution < 1.29 is 8.42 Å². The van der Waals surface area contributed by atoms with Crippen LogP contribution in [-0.4, -0.2) is 13.0 Å². The summed E-state index contributed by atoms with van der Waals surface area (Å²) in [4.78, 5) is 0.324. The standard InChI is InChI=1S/C32H25O2PS2/c1-24-16-18-28(19-17-24)37(33,34)32-22-30(25-20-21-36-23-25)29-14-8-9-15-31(29)35(32,26-10-4-2-5-11-26)27-12-6-3-7-13-27/h2-23H,1H3. The van der Waals surface area contributed by atoms with Gasteiger partial charge in [0.1, 0.15) is 0 Å². The van der Waals surface area contributed by atoms with Gasteiger partial charge in [-0.3, -0.25) is 0 Å². The zero-order valence-electron chi connectivity index (χ0n) is 20.3. The summed E-state index contributed by atoms with van der Waals surface area (Å²) in [6.07, 6.45) is 1.97. The van der Waals surface area contributed by atoms with Gasteiger partial charge in [-0.25, -0.2) is 8.42 Å². The average Bonchev–Trinajstić information content (AvgIpc) is 3.48. The molecule has 1 aliphatic heterocycles. The maximum Gasteiger partial charge on any atom is 0.207 e. The molecule has 4 aromatic carbocycles. The van der Waals surface area contributed by atoms with Crippen LogP contribution in [0.25, 0.3) is 5.57 Å². The van der Waals surface area contributed by atoms with E-state index in [1.165, 1.54) is 0 Å². The summed E-state index contributed by atoms with van der Waals surface area (Å²) in [5.74, 6) is 0. The zero-order chi connectivity index (χ0) is 25.5. The van der Waals surface area contributed by atoms with Crippen LogP contribution in [0.2, 0.25) is 0 Å². The second-order valence-corrected chi connectivity index (χ2v) is 15.4. The number of hydrogen-bond donors (Lipinski definition) is 0. The maximum absolute atomic E-state index is 14.7. The molecule has 0 N–H and O–H groups in total. The van der Waals surface area contributed by atoms with Gasteiger partial charge < -0.3 is 0 Å². The van der Waals surface area contributed by atoms with Gasteiger partial charge in [-0.1, -0.05) is 103 Å². The fourth-order valence-electron chi connectivity index (χ4n) is 5.15. The van der Waals surface area contributed by atoms with Gasteiger partial charge in [0, 0.05) is 0 Å². The summed E-state index contributed by atoms with van der Waals surface area (Å²) in [6.45, 7) is -0.805. The van der Waals surface area contributed by atoms with Crippen LogP contribution >= 0.6 is 18.2 Å². The second kappa shape index (κ2) is 9.46. The number of fused-ring (bicyclic) bond motifs is 1.